The molecular formula is C87H123BF2N4O22P. The number of aliphatic carboxylic acids is 1. The standard InChI is InChI=1S/C43H59FN2O10.C28H34FNO5.C15H27NO6.CH3BOP/c1-28(2)24-34(46(10)41(51)56-42(4,5)6)38(48)54-29(3)37(47)45(9)35(26-43(7,8)44)39(49)55-36(40(50)53-27-31-14-12-11-13-15-31)25-30-16-18-32(19-17-30)33-20-22-52-23-21-33;1-28(2,29)18-24(30-3)26(31)35-25(27(32)34-19-21-7-5-4-6-8-21)17-20-9-11-22(12-10-20)23-13-15-33-16-14-23;1-9(2)8-11(13(19)21-10(3)12(17)18)16(7)14(20)22-15(4,5)6;1-2-4-3/h11-20,28-29,34-36H,21-27H2,1-10H3;4-13,24-25,30H,14-19H2,1-3H3;9-11H,8H2,1-7H3,(H,17,18);1H3/t29-,34+,35+,36-;24-,25+;10-,11+;/m101./s1. The van der Waals surface area contributed by atoms with Crippen LogP contribution in [0.3, 0.4) is 0 Å². The summed E-state index contributed by atoms with van der Waals surface area (Å²) in [6.45, 7) is 31.4. The third-order valence-electron chi connectivity index (χ3n) is 17.6. The van der Waals surface area contributed by atoms with Crippen LogP contribution in [0.2, 0.25) is 6.82 Å². The minimum absolute atomic E-state index is 0.0355. The van der Waals surface area contributed by atoms with E-state index in [1.807, 2.05) is 119 Å². The van der Waals surface area contributed by atoms with Crippen molar-refractivity contribution in [3.8, 4) is 0 Å². The number of halogens is 2. The second kappa shape index (κ2) is 49.7. The summed E-state index contributed by atoms with van der Waals surface area (Å²) in [4.78, 5) is 132. The molecule has 8 atom stereocenters. The van der Waals surface area contributed by atoms with E-state index in [2.05, 4.69) is 11.4 Å². The van der Waals surface area contributed by atoms with E-state index in [1.54, 1.807) is 86.7 Å². The molecule has 0 saturated carbocycles. The van der Waals surface area contributed by atoms with Crippen LogP contribution in [0.5, 0.6) is 0 Å². The zero-order valence-electron chi connectivity index (χ0n) is 71.9. The van der Waals surface area contributed by atoms with Gasteiger partial charge in [-0.3, -0.25) is 24.0 Å². The summed E-state index contributed by atoms with van der Waals surface area (Å²) in [5.41, 5.74) is 2.46. The van der Waals surface area contributed by atoms with E-state index >= 15 is 4.39 Å². The Hall–Kier alpha value is -9.44. The molecule has 0 aromatic heterocycles. The first-order valence-electron chi connectivity index (χ1n) is 39.2. The van der Waals surface area contributed by atoms with Crippen LogP contribution in [0.4, 0.5) is 18.4 Å². The highest BCUT2D eigenvalue weighted by molar-refractivity contribution is 7.60. The lowest BCUT2D eigenvalue weighted by atomic mass is 9.98. The average Bonchev–Trinajstić information content (AvgIpc) is 0.829. The Morgan fingerprint density at radius 3 is 1.17 bits per heavy atom. The van der Waals surface area contributed by atoms with Crippen LogP contribution in [0.15, 0.2) is 121 Å². The van der Waals surface area contributed by atoms with Gasteiger partial charge in [0.1, 0.15) is 59.9 Å². The average molecular weight is 1660 g/mol. The molecule has 4 aromatic rings. The molecular weight excluding hydrogens is 1530 g/mol. The number of rotatable bonds is 35. The zero-order valence-corrected chi connectivity index (χ0v) is 72.8. The van der Waals surface area contributed by atoms with Crippen LogP contribution in [0, 0.1) is 11.8 Å². The fourth-order valence-corrected chi connectivity index (χ4v) is 11.5. The molecule has 30 heteroatoms. The molecule has 2 heterocycles. The molecule has 4 aromatic carbocycles. The Labute approximate surface area is 691 Å². The maximum atomic E-state index is 15.3. The first-order chi connectivity index (χ1) is 54.7. The van der Waals surface area contributed by atoms with E-state index < -0.39 is 137 Å². The molecule has 3 amide bonds. The van der Waals surface area contributed by atoms with Crippen molar-refractivity contribution < 1.29 is 114 Å². The number of hydrogen-bond acceptors (Lipinski definition) is 22. The van der Waals surface area contributed by atoms with Gasteiger partial charge in [-0.15, -0.1) is 0 Å². The lowest BCUT2D eigenvalue weighted by Crippen LogP contribution is -2.52. The van der Waals surface area contributed by atoms with Gasteiger partial charge in [0.2, 0.25) is 19.2 Å². The monoisotopic (exact) mass is 1660 g/mol. The molecule has 0 aliphatic carbocycles. The molecule has 2 N–H and O–H groups in total. The number of alkyl halides is 2. The van der Waals surface area contributed by atoms with Gasteiger partial charge in [0.15, 0.2) is 12.2 Å². The van der Waals surface area contributed by atoms with E-state index in [0.29, 0.717) is 38.4 Å². The van der Waals surface area contributed by atoms with Crippen molar-refractivity contribution in [1.82, 2.24) is 20.0 Å². The summed E-state index contributed by atoms with van der Waals surface area (Å²) >= 11 is 0. The van der Waals surface area contributed by atoms with Gasteiger partial charge < -0.3 is 62.7 Å². The molecule has 1 radical (unpaired) electrons. The fourth-order valence-electron chi connectivity index (χ4n) is 11.5. The molecule has 2 aliphatic heterocycles. The number of likely N-dealkylation sites (N-methyl/N-ethyl adjacent to an activating group) is 4. The number of benzene rings is 4. The number of nitrogens with zero attached hydrogens (tertiary/aromatic N) is 3. The van der Waals surface area contributed by atoms with Crippen LogP contribution >= 0.6 is 8.34 Å². The van der Waals surface area contributed by atoms with Gasteiger partial charge in [0.05, 0.1) is 34.8 Å². The molecule has 645 valence electrons. The maximum absolute atomic E-state index is 15.3. The Kier molecular flexibility index (Phi) is 43.2. The Balaban J connectivity index is 0.000000491. The molecule has 0 spiro atoms. The molecule has 0 saturated heterocycles. The first kappa shape index (κ1) is 102. The summed E-state index contributed by atoms with van der Waals surface area (Å²) in [6.07, 6.45) is -0.923. The predicted octanol–water partition coefficient (Wildman–Crippen LogP) is 14.5. The number of esters is 6. The summed E-state index contributed by atoms with van der Waals surface area (Å²) in [5, 5.41) is 11.6. The maximum Gasteiger partial charge on any atom is 0.410 e. The van der Waals surface area contributed by atoms with Crippen molar-refractivity contribution in [1.29, 1.82) is 0 Å². The van der Waals surface area contributed by atoms with Crippen molar-refractivity contribution in [3.05, 3.63) is 155 Å². The number of amides is 3. The number of hydrogen-bond donors (Lipinski definition) is 2. The molecule has 26 nitrogen and oxygen atoms in total. The molecule has 6 rings (SSSR count). The van der Waals surface area contributed by atoms with Crippen molar-refractivity contribution >= 4 is 86.4 Å². The van der Waals surface area contributed by atoms with E-state index in [4.69, 9.17) is 52.5 Å². The lowest BCUT2D eigenvalue weighted by molar-refractivity contribution is -0.175. The van der Waals surface area contributed by atoms with Crippen LogP contribution in [-0.2, 0) is 116 Å². The quantitative estimate of drug-likeness (QED) is 0.0187. The number of carboxylic acid groups (broad SMARTS) is 1. The zero-order chi connectivity index (χ0) is 88.1. The number of ether oxygens (including phenoxy) is 10. The minimum atomic E-state index is -1.96. The normalized spacial score (nSPS) is 14.9. The van der Waals surface area contributed by atoms with Gasteiger partial charge in [-0.05, 0) is 172 Å². The van der Waals surface area contributed by atoms with Gasteiger partial charge in [-0.1, -0.05) is 156 Å². The third kappa shape index (κ3) is 39.6. The van der Waals surface area contributed by atoms with E-state index in [-0.39, 0.29) is 59.1 Å². The van der Waals surface area contributed by atoms with Crippen LogP contribution in [0.1, 0.15) is 183 Å². The summed E-state index contributed by atoms with van der Waals surface area (Å²) in [7, 11) is 5.81. The largest absolute Gasteiger partial charge is 0.479 e. The van der Waals surface area contributed by atoms with Crippen LogP contribution < -0.4 is 5.32 Å². The molecule has 0 unspecified atom stereocenters. The lowest BCUT2D eigenvalue weighted by Gasteiger charge is -2.33. The summed E-state index contributed by atoms with van der Waals surface area (Å²) in [6, 6.07) is 29.2. The summed E-state index contributed by atoms with van der Waals surface area (Å²) < 4.78 is 93.0. The number of nitrogens with one attached hydrogen (secondary N) is 1. The minimum Gasteiger partial charge on any atom is -0.479 e. The summed E-state index contributed by atoms with van der Waals surface area (Å²) in [5.74, 6) is -6.80. The SMILES string of the molecule is CC(C)C[C@@H](C(=O)O[C@H](C)C(=O)N(C)[C@@H](CC(C)(C)F)C(=O)O[C@H](Cc1ccc(C2=CCOCC2)cc1)C(=O)OCc1ccccc1)N(C)C(=O)OC(C)(C)C.CC(C)C[C@@H](C(=O)O[C@H](C)C(=O)O)N(C)C(=O)OC(C)(C)C.CN[C@@H](CC(C)(C)F)C(=O)O[C@H](Cc1ccc(C2=CCOCC2)cc1)C(=O)OCc1ccccc1.C[B]P=O. The molecule has 117 heavy (non-hydrogen) atoms. The first-order valence-corrected chi connectivity index (χ1v) is 40.1. The second-order valence-corrected chi connectivity index (χ2v) is 33.2. The van der Waals surface area contributed by atoms with Gasteiger partial charge in [-0.25, -0.2) is 47.1 Å². The van der Waals surface area contributed by atoms with Crippen molar-refractivity contribution in [2.75, 3.05) is 54.6 Å². The molecule has 2 aliphatic rings. The highest BCUT2D eigenvalue weighted by Crippen LogP contribution is 2.29. The Morgan fingerprint density at radius 1 is 0.496 bits per heavy atom. The smallest absolute Gasteiger partial charge is 0.410 e. The van der Waals surface area contributed by atoms with Gasteiger partial charge >= 0.3 is 54.0 Å². The van der Waals surface area contributed by atoms with Crippen LogP contribution in [0.25, 0.3) is 11.1 Å². The number of carbonyl (C=O) groups excluding carboxylic acids is 9. The van der Waals surface area contributed by atoms with Gasteiger partial charge in [0, 0.05) is 46.8 Å². The van der Waals surface area contributed by atoms with Crippen molar-refractivity contribution in [2.45, 2.75) is 253 Å². The van der Waals surface area contributed by atoms with E-state index in [9.17, 15) is 56.9 Å². The highest BCUT2D eigenvalue weighted by Gasteiger charge is 2.42. The van der Waals surface area contributed by atoms with E-state index in [0.717, 1.165) is 60.9 Å². The second-order valence-electron chi connectivity index (χ2n) is 32.4. The number of carboxylic acids is 1. The van der Waals surface area contributed by atoms with Crippen LogP contribution in [-0.4, -0.2) is 212 Å². The van der Waals surface area contributed by atoms with Gasteiger partial charge in [0.25, 0.3) is 5.91 Å². The third-order valence-corrected chi connectivity index (χ3v) is 17.8. The van der Waals surface area contributed by atoms with Gasteiger partial charge in [-0.2, -0.15) is 0 Å². The highest BCUT2D eigenvalue weighted by atomic mass is 31.1. The van der Waals surface area contributed by atoms with Crippen molar-refractivity contribution in [3.63, 3.8) is 0 Å². The Bertz CT molecular complexity index is 3880. The molecule has 0 fully saturated rings. The Morgan fingerprint density at radius 2 is 0.855 bits per heavy atom. The van der Waals surface area contributed by atoms with Crippen molar-refractivity contribution in [2.24, 2.45) is 11.8 Å². The molecule has 0 bridgehead atoms. The predicted molar refractivity (Wildman–Crippen MR) is 441 cm³/mol. The topological polar surface area (TPSA) is 322 Å². The number of carbonyl (C=O) groups is 10. The van der Waals surface area contributed by atoms with E-state index in [1.165, 1.54) is 68.3 Å². The fraction of sp³-hybridized carbons (Fsp3) is 0.563.